The maximum Gasteiger partial charge on any atom is 0.337 e. The first-order chi connectivity index (χ1) is 9.71. The first kappa shape index (κ1) is 13.9. The fourth-order valence-electron chi connectivity index (χ4n) is 2.06. The second-order valence-corrected chi connectivity index (χ2v) is 4.11. The molecule has 4 heteroatoms. The normalized spacial score (nSPS) is 9.95. The minimum Gasteiger partial charge on any atom is -0.496 e. The van der Waals surface area contributed by atoms with E-state index in [2.05, 4.69) is 0 Å². The molecule has 0 saturated carbocycles. The molecule has 0 heterocycles. The Labute approximate surface area is 117 Å². The maximum absolute atomic E-state index is 11.6. The van der Waals surface area contributed by atoms with Crippen molar-refractivity contribution < 1.29 is 19.0 Å². The van der Waals surface area contributed by atoms with Crippen LogP contribution in [0.15, 0.2) is 42.5 Å². The van der Waals surface area contributed by atoms with E-state index in [-0.39, 0.29) is 5.97 Å². The van der Waals surface area contributed by atoms with Crippen molar-refractivity contribution in [1.82, 2.24) is 0 Å². The van der Waals surface area contributed by atoms with Gasteiger partial charge in [0.25, 0.3) is 0 Å². The third kappa shape index (κ3) is 2.59. The summed E-state index contributed by atoms with van der Waals surface area (Å²) in [4.78, 5) is 11.6. The summed E-state index contributed by atoms with van der Waals surface area (Å²) in [6, 6.07) is 12.7. The van der Waals surface area contributed by atoms with E-state index >= 15 is 0 Å². The van der Waals surface area contributed by atoms with Crippen LogP contribution in [0.3, 0.4) is 0 Å². The van der Waals surface area contributed by atoms with Crippen LogP contribution in [-0.4, -0.2) is 27.3 Å². The molecule has 0 fully saturated rings. The Morgan fingerprint density at radius 2 is 1.50 bits per heavy atom. The van der Waals surface area contributed by atoms with E-state index in [1.807, 2.05) is 24.3 Å². The van der Waals surface area contributed by atoms with E-state index in [0.717, 1.165) is 11.1 Å². The van der Waals surface area contributed by atoms with Crippen LogP contribution >= 0.6 is 0 Å². The summed E-state index contributed by atoms with van der Waals surface area (Å²) >= 11 is 0. The summed E-state index contributed by atoms with van der Waals surface area (Å²) in [6.07, 6.45) is 0. The van der Waals surface area contributed by atoms with Crippen molar-refractivity contribution in [2.75, 3.05) is 21.3 Å². The predicted molar refractivity (Wildman–Crippen MR) is 76.3 cm³/mol. The first-order valence-electron chi connectivity index (χ1n) is 6.11. The third-order valence-electron chi connectivity index (χ3n) is 3.00. The first-order valence-corrected chi connectivity index (χ1v) is 6.11. The molecule has 2 aromatic rings. The molecule has 2 rings (SSSR count). The van der Waals surface area contributed by atoms with Gasteiger partial charge in [0.2, 0.25) is 0 Å². The summed E-state index contributed by atoms with van der Waals surface area (Å²) in [7, 11) is 4.56. The number of ether oxygens (including phenoxy) is 3. The highest BCUT2D eigenvalue weighted by atomic mass is 16.5. The van der Waals surface area contributed by atoms with E-state index in [9.17, 15) is 4.79 Å². The van der Waals surface area contributed by atoms with Gasteiger partial charge >= 0.3 is 5.97 Å². The molecule has 20 heavy (non-hydrogen) atoms. The lowest BCUT2D eigenvalue weighted by Crippen LogP contribution is -2.01. The number of methoxy groups -OCH3 is 3. The lowest BCUT2D eigenvalue weighted by Gasteiger charge is -2.13. The smallest absolute Gasteiger partial charge is 0.337 e. The Morgan fingerprint density at radius 3 is 2.05 bits per heavy atom. The monoisotopic (exact) mass is 272 g/mol. The number of rotatable bonds is 4. The highest BCUT2D eigenvalue weighted by molar-refractivity contribution is 5.91. The zero-order chi connectivity index (χ0) is 14.5. The molecule has 0 aromatic heterocycles. The molecule has 0 N–H and O–H groups in total. The Morgan fingerprint density at radius 1 is 0.900 bits per heavy atom. The number of hydrogen-bond donors (Lipinski definition) is 0. The lowest BCUT2D eigenvalue weighted by atomic mass is 10.0. The van der Waals surface area contributed by atoms with E-state index in [1.165, 1.54) is 7.11 Å². The molecular weight excluding hydrogens is 256 g/mol. The van der Waals surface area contributed by atoms with E-state index in [4.69, 9.17) is 14.2 Å². The standard InChI is InChI=1S/C16H16O4/c1-18-13-8-5-9-14(19-2)15(13)11-6-4-7-12(10-11)16(17)20-3/h4-10H,1-3H3. The van der Waals surface area contributed by atoms with E-state index in [0.29, 0.717) is 17.1 Å². The van der Waals surface area contributed by atoms with Crippen molar-refractivity contribution in [2.45, 2.75) is 0 Å². The molecule has 0 radical (unpaired) electrons. The Kier molecular flexibility index (Phi) is 4.25. The van der Waals surface area contributed by atoms with Gasteiger partial charge in [-0.05, 0) is 29.8 Å². The van der Waals surface area contributed by atoms with Crippen LogP contribution in [0.5, 0.6) is 11.5 Å². The minimum absolute atomic E-state index is 0.374. The van der Waals surface area contributed by atoms with Crippen LogP contribution in [0.1, 0.15) is 10.4 Å². The predicted octanol–water partition coefficient (Wildman–Crippen LogP) is 3.16. The van der Waals surface area contributed by atoms with Crippen molar-refractivity contribution in [1.29, 1.82) is 0 Å². The zero-order valence-corrected chi connectivity index (χ0v) is 11.7. The molecule has 0 atom stereocenters. The lowest BCUT2D eigenvalue weighted by molar-refractivity contribution is 0.0601. The minimum atomic E-state index is -0.374. The van der Waals surface area contributed by atoms with Gasteiger partial charge in [-0.2, -0.15) is 0 Å². The molecule has 0 amide bonds. The molecule has 0 aliphatic heterocycles. The molecule has 4 nitrogen and oxygen atoms in total. The van der Waals surface area contributed by atoms with Crippen molar-refractivity contribution >= 4 is 5.97 Å². The largest absolute Gasteiger partial charge is 0.496 e. The van der Waals surface area contributed by atoms with Crippen LogP contribution in [0.2, 0.25) is 0 Å². The molecule has 104 valence electrons. The highest BCUT2D eigenvalue weighted by Crippen LogP contribution is 2.38. The summed E-state index contributed by atoms with van der Waals surface area (Å²) in [5.74, 6) is 0.999. The van der Waals surface area contributed by atoms with Crippen LogP contribution in [-0.2, 0) is 4.74 Å². The third-order valence-corrected chi connectivity index (χ3v) is 3.00. The topological polar surface area (TPSA) is 44.8 Å². The van der Waals surface area contributed by atoms with Gasteiger partial charge in [0.15, 0.2) is 0 Å². The van der Waals surface area contributed by atoms with Crippen LogP contribution in [0, 0.1) is 0 Å². The molecule has 2 aromatic carbocycles. The summed E-state index contributed by atoms with van der Waals surface area (Å²) in [6.45, 7) is 0. The van der Waals surface area contributed by atoms with Crippen molar-refractivity contribution in [3.63, 3.8) is 0 Å². The van der Waals surface area contributed by atoms with Crippen LogP contribution < -0.4 is 9.47 Å². The van der Waals surface area contributed by atoms with Crippen LogP contribution in [0.25, 0.3) is 11.1 Å². The fraction of sp³-hybridized carbons (Fsp3) is 0.188. The molecule has 0 spiro atoms. The van der Waals surface area contributed by atoms with Gasteiger partial charge in [-0.15, -0.1) is 0 Å². The molecule has 0 unspecified atom stereocenters. The maximum atomic E-state index is 11.6. The van der Waals surface area contributed by atoms with Crippen molar-refractivity contribution in [2.24, 2.45) is 0 Å². The van der Waals surface area contributed by atoms with E-state index in [1.54, 1.807) is 32.4 Å². The number of benzene rings is 2. The number of carbonyl (C=O) groups excluding carboxylic acids is 1. The Balaban J connectivity index is 2.59. The molecular formula is C16H16O4. The molecule has 0 bridgehead atoms. The van der Waals surface area contributed by atoms with Crippen molar-refractivity contribution in [3.05, 3.63) is 48.0 Å². The van der Waals surface area contributed by atoms with Crippen molar-refractivity contribution in [3.8, 4) is 22.6 Å². The van der Waals surface area contributed by atoms with Crippen LogP contribution in [0.4, 0.5) is 0 Å². The van der Waals surface area contributed by atoms with Gasteiger partial charge in [-0.1, -0.05) is 18.2 Å². The van der Waals surface area contributed by atoms with Gasteiger partial charge in [0, 0.05) is 0 Å². The SMILES string of the molecule is COC(=O)c1cccc(-c2c(OC)cccc2OC)c1. The summed E-state index contributed by atoms with van der Waals surface area (Å²) < 4.78 is 15.5. The molecule has 0 saturated heterocycles. The van der Waals surface area contributed by atoms with Gasteiger partial charge in [-0.3, -0.25) is 0 Å². The Hall–Kier alpha value is -2.49. The average Bonchev–Trinajstić information content (AvgIpc) is 2.53. The van der Waals surface area contributed by atoms with Gasteiger partial charge in [0.05, 0.1) is 32.5 Å². The van der Waals surface area contributed by atoms with Gasteiger partial charge in [0.1, 0.15) is 11.5 Å². The molecule has 0 aliphatic rings. The second kappa shape index (κ2) is 6.10. The number of hydrogen-bond acceptors (Lipinski definition) is 4. The zero-order valence-electron chi connectivity index (χ0n) is 11.7. The average molecular weight is 272 g/mol. The fourth-order valence-corrected chi connectivity index (χ4v) is 2.06. The summed E-state index contributed by atoms with van der Waals surface area (Å²) in [5, 5.41) is 0. The van der Waals surface area contributed by atoms with E-state index < -0.39 is 0 Å². The molecule has 0 aliphatic carbocycles. The Bertz CT molecular complexity index is 597. The van der Waals surface area contributed by atoms with Gasteiger partial charge < -0.3 is 14.2 Å². The number of esters is 1. The summed E-state index contributed by atoms with van der Waals surface area (Å²) in [5.41, 5.74) is 2.13. The number of carbonyl (C=O) groups is 1. The second-order valence-electron chi connectivity index (χ2n) is 4.11. The highest BCUT2D eigenvalue weighted by Gasteiger charge is 2.14. The quantitative estimate of drug-likeness (QED) is 0.802. The van der Waals surface area contributed by atoms with Gasteiger partial charge in [-0.25, -0.2) is 4.79 Å².